The zero-order chi connectivity index (χ0) is 13.1. The molecule has 0 aliphatic heterocycles. The third-order valence-electron chi connectivity index (χ3n) is 2.57. The van der Waals surface area contributed by atoms with Gasteiger partial charge in [-0.05, 0) is 31.5 Å². The van der Waals surface area contributed by atoms with Crippen molar-refractivity contribution in [3.63, 3.8) is 0 Å². The Labute approximate surface area is 105 Å². The van der Waals surface area contributed by atoms with Gasteiger partial charge >= 0.3 is 0 Å². The Balaban J connectivity index is 2.33. The summed E-state index contributed by atoms with van der Waals surface area (Å²) in [6, 6.07) is 5.03. The SMILES string of the molecule is CNc1ncc(C)c(Nc2ccc(C)cc2F)n1. The van der Waals surface area contributed by atoms with Crippen molar-refractivity contribution in [3.05, 3.63) is 41.3 Å². The van der Waals surface area contributed by atoms with Crippen molar-refractivity contribution in [2.45, 2.75) is 13.8 Å². The fourth-order valence-electron chi connectivity index (χ4n) is 1.54. The van der Waals surface area contributed by atoms with Crippen LogP contribution in [0, 0.1) is 19.7 Å². The Kier molecular flexibility index (Phi) is 3.41. The maximum absolute atomic E-state index is 13.7. The van der Waals surface area contributed by atoms with Crippen molar-refractivity contribution in [2.75, 3.05) is 17.7 Å². The van der Waals surface area contributed by atoms with Gasteiger partial charge in [0.25, 0.3) is 0 Å². The van der Waals surface area contributed by atoms with Gasteiger partial charge in [-0.3, -0.25) is 0 Å². The molecule has 94 valence electrons. The zero-order valence-corrected chi connectivity index (χ0v) is 10.6. The maximum atomic E-state index is 13.7. The van der Waals surface area contributed by atoms with Crippen molar-refractivity contribution in [2.24, 2.45) is 0 Å². The summed E-state index contributed by atoms with van der Waals surface area (Å²) in [4.78, 5) is 8.33. The first-order valence-corrected chi connectivity index (χ1v) is 5.64. The van der Waals surface area contributed by atoms with Crippen molar-refractivity contribution in [1.29, 1.82) is 0 Å². The highest BCUT2D eigenvalue weighted by Gasteiger charge is 2.07. The lowest BCUT2D eigenvalue weighted by atomic mass is 10.2. The summed E-state index contributed by atoms with van der Waals surface area (Å²) in [7, 11) is 1.74. The number of hydrogen-bond acceptors (Lipinski definition) is 4. The highest BCUT2D eigenvalue weighted by molar-refractivity contribution is 5.60. The first kappa shape index (κ1) is 12.3. The largest absolute Gasteiger partial charge is 0.357 e. The summed E-state index contributed by atoms with van der Waals surface area (Å²) >= 11 is 0. The highest BCUT2D eigenvalue weighted by atomic mass is 19.1. The fraction of sp³-hybridized carbons (Fsp3) is 0.231. The molecule has 0 unspecified atom stereocenters. The Morgan fingerprint density at radius 2 is 2.00 bits per heavy atom. The second kappa shape index (κ2) is 5.00. The van der Waals surface area contributed by atoms with E-state index in [1.165, 1.54) is 6.07 Å². The number of rotatable bonds is 3. The topological polar surface area (TPSA) is 49.8 Å². The minimum atomic E-state index is -0.293. The monoisotopic (exact) mass is 246 g/mol. The molecule has 5 heteroatoms. The Morgan fingerprint density at radius 3 is 2.67 bits per heavy atom. The van der Waals surface area contributed by atoms with Gasteiger partial charge in [0, 0.05) is 18.8 Å². The van der Waals surface area contributed by atoms with Crippen LogP contribution in [0.25, 0.3) is 0 Å². The van der Waals surface area contributed by atoms with Crippen LogP contribution in [-0.4, -0.2) is 17.0 Å². The average molecular weight is 246 g/mol. The van der Waals surface area contributed by atoms with Gasteiger partial charge in [-0.15, -0.1) is 0 Å². The third kappa shape index (κ3) is 2.56. The molecular formula is C13H15FN4. The minimum Gasteiger partial charge on any atom is -0.357 e. The molecule has 0 amide bonds. The van der Waals surface area contributed by atoms with Crippen LogP contribution >= 0.6 is 0 Å². The molecule has 0 atom stereocenters. The van der Waals surface area contributed by atoms with E-state index in [0.29, 0.717) is 17.5 Å². The summed E-state index contributed by atoms with van der Waals surface area (Å²) < 4.78 is 13.7. The number of halogens is 1. The lowest BCUT2D eigenvalue weighted by Crippen LogP contribution is -2.03. The van der Waals surface area contributed by atoms with E-state index >= 15 is 0 Å². The van der Waals surface area contributed by atoms with E-state index in [0.717, 1.165) is 11.1 Å². The van der Waals surface area contributed by atoms with Gasteiger partial charge in [-0.2, -0.15) is 4.98 Å². The molecule has 1 aromatic heterocycles. The molecule has 0 saturated carbocycles. The van der Waals surface area contributed by atoms with Gasteiger partial charge in [0.2, 0.25) is 5.95 Å². The van der Waals surface area contributed by atoms with Crippen LogP contribution in [0.2, 0.25) is 0 Å². The van der Waals surface area contributed by atoms with Gasteiger partial charge < -0.3 is 10.6 Å². The summed E-state index contributed by atoms with van der Waals surface area (Å²) in [5.74, 6) is 0.798. The van der Waals surface area contributed by atoms with E-state index in [-0.39, 0.29) is 5.82 Å². The molecule has 18 heavy (non-hydrogen) atoms. The number of aromatic nitrogens is 2. The van der Waals surface area contributed by atoms with Crippen LogP contribution in [0.4, 0.5) is 21.8 Å². The number of aryl methyl sites for hydroxylation is 2. The number of nitrogens with one attached hydrogen (secondary N) is 2. The van der Waals surface area contributed by atoms with Crippen molar-refractivity contribution in [1.82, 2.24) is 9.97 Å². The molecule has 2 rings (SSSR count). The summed E-state index contributed by atoms with van der Waals surface area (Å²) in [6.45, 7) is 3.72. The minimum absolute atomic E-state index is 0.293. The van der Waals surface area contributed by atoms with Crippen LogP contribution in [-0.2, 0) is 0 Å². The molecular weight excluding hydrogens is 231 g/mol. The lowest BCUT2D eigenvalue weighted by molar-refractivity contribution is 0.630. The molecule has 0 radical (unpaired) electrons. The van der Waals surface area contributed by atoms with Crippen LogP contribution in [0.15, 0.2) is 24.4 Å². The van der Waals surface area contributed by atoms with E-state index in [9.17, 15) is 4.39 Å². The van der Waals surface area contributed by atoms with Crippen LogP contribution in [0.5, 0.6) is 0 Å². The summed E-state index contributed by atoms with van der Waals surface area (Å²) in [6.07, 6.45) is 1.69. The van der Waals surface area contributed by atoms with Gasteiger partial charge in [0.05, 0.1) is 5.69 Å². The molecule has 1 heterocycles. The first-order valence-electron chi connectivity index (χ1n) is 5.64. The molecule has 1 aromatic carbocycles. The van der Waals surface area contributed by atoms with Gasteiger partial charge in [0.1, 0.15) is 11.6 Å². The molecule has 0 spiro atoms. The van der Waals surface area contributed by atoms with E-state index in [4.69, 9.17) is 0 Å². The second-order valence-electron chi connectivity index (χ2n) is 4.08. The molecule has 0 aliphatic rings. The normalized spacial score (nSPS) is 10.2. The average Bonchev–Trinajstić information content (AvgIpc) is 2.35. The number of benzene rings is 1. The fourth-order valence-corrected chi connectivity index (χ4v) is 1.54. The first-order chi connectivity index (χ1) is 8.60. The Hall–Kier alpha value is -2.17. The standard InChI is InChI=1S/C13H15FN4/c1-8-4-5-11(10(14)6-8)17-12-9(2)7-16-13(15-3)18-12/h4-7H,1-3H3,(H2,15,16,17,18). The second-order valence-corrected chi connectivity index (χ2v) is 4.08. The smallest absolute Gasteiger partial charge is 0.224 e. The molecule has 0 fully saturated rings. The Morgan fingerprint density at radius 1 is 1.22 bits per heavy atom. The number of nitrogens with zero attached hydrogens (tertiary/aromatic N) is 2. The van der Waals surface area contributed by atoms with Gasteiger partial charge in [-0.25, -0.2) is 9.37 Å². The third-order valence-corrected chi connectivity index (χ3v) is 2.57. The number of anilines is 3. The van der Waals surface area contributed by atoms with Crippen LogP contribution < -0.4 is 10.6 Å². The Bertz CT molecular complexity index is 569. The van der Waals surface area contributed by atoms with Crippen molar-refractivity contribution < 1.29 is 4.39 Å². The molecule has 0 bridgehead atoms. The quantitative estimate of drug-likeness (QED) is 0.874. The van der Waals surface area contributed by atoms with E-state index in [1.807, 2.05) is 19.9 Å². The predicted octanol–water partition coefficient (Wildman–Crippen LogP) is 3.02. The van der Waals surface area contributed by atoms with Gasteiger partial charge in [0.15, 0.2) is 0 Å². The molecule has 4 nitrogen and oxygen atoms in total. The summed E-state index contributed by atoms with van der Waals surface area (Å²) in [5.41, 5.74) is 2.15. The van der Waals surface area contributed by atoms with E-state index < -0.39 is 0 Å². The summed E-state index contributed by atoms with van der Waals surface area (Å²) in [5, 5.41) is 5.82. The van der Waals surface area contributed by atoms with E-state index in [2.05, 4.69) is 20.6 Å². The van der Waals surface area contributed by atoms with Gasteiger partial charge in [-0.1, -0.05) is 6.07 Å². The highest BCUT2D eigenvalue weighted by Crippen LogP contribution is 2.22. The zero-order valence-electron chi connectivity index (χ0n) is 10.6. The molecule has 2 aromatic rings. The molecule has 0 aliphatic carbocycles. The van der Waals surface area contributed by atoms with Crippen molar-refractivity contribution >= 4 is 17.5 Å². The number of hydrogen-bond donors (Lipinski definition) is 2. The van der Waals surface area contributed by atoms with Crippen LogP contribution in [0.3, 0.4) is 0 Å². The molecule has 0 saturated heterocycles. The lowest BCUT2D eigenvalue weighted by Gasteiger charge is -2.10. The molecule has 2 N–H and O–H groups in total. The maximum Gasteiger partial charge on any atom is 0.224 e. The van der Waals surface area contributed by atoms with Crippen molar-refractivity contribution in [3.8, 4) is 0 Å². The van der Waals surface area contributed by atoms with E-state index in [1.54, 1.807) is 19.3 Å². The predicted molar refractivity (Wildman–Crippen MR) is 70.7 cm³/mol. The van der Waals surface area contributed by atoms with Crippen LogP contribution in [0.1, 0.15) is 11.1 Å².